The number of sulfonamides is 1. The van der Waals surface area contributed by atoms with E-state index in [1.165, 1.54) is 22.7 Å². The van der Waals surface area contributed by atoms with Crippen LogP contribution in [-0.4, -0.2) is 38.3 Å². The molecule has 6 heteroatoms. The van der Waals surface area contributed by atoms with Crippen molar-refractivity contribution in [1.29, 1.82) is 0 Å². The van der Waals surface area contributed by atoms with E-state index in [0.717, 1.165) is 23.6 Å². The third kappa shape index (κ3) is 4.49. The van der Waals surface area contributed by atoms with Crippen molar-refractivity contribution in [2.45, 2.75) is 48.8 Å². The number of carbonyl (C=O) groups excluding carboxylic acids is 1. The Morgan fingerprint density at radius 2 is 1.53 bits per heavy atom. The van der Waals surface area contributed by atoms with Crippen molar-refractivity contribution in [3.05, 3.63) is 78.4 Å². The molecule has 1 saturated carbocycles. The van der Waals surface area contributed by atoms with E-state index in [1.807, 2.05) is 36.4 Å². The van der Waals surface area contributed by atoms with E-state index in [1.54, 1.807) is 12.1 Å². The minimum atomic E-state index is -3.57. The van der Waals surface area contributed by atoms with Crippen LogP contribution in [-0.2, 0) is 20.2 Å². The zero-order valence-electron chi connectivity index (χ0n) is 19.4. The van der Waals surface area contributed by atoms with Crippen molar-refractivity contribution in [3.8, 4) is 0 Å². The molecule has 1 amide bonds. The SMILES string of the molecule is O=C(NCC1(c2ccccc2)CCCC1)C1CCN(S(=O)(=O)c2ccc3ccccc3c2)CC1. The molecule has 3 aromatic carbocycles. The molecule has 178 valence electrons. The highest BCUT2D eigenvalue weighted by molar-refractivity contribution is 7.89. The maximum Gasteiger partial charge on any atom is 0.243 e. The summed E-state index contributed by atoms with van der Waals surface area (Å²) in [4.78, 5) is 13.3. The van der Waals surface area contributed by atoms with Crippen LogP contribution >= 0.6 is 0 Å². The predicted octanol–water partition coefficient (Wildman–Crippen LogP) is 4.87. The zero-order valence-corrected chi connectivity index (χ0v) is 20.3. The topological polar surface area (TPSA) is 66.5 Å². The van der Waals surface area contributed by atoms with Crippen LogP contribution in [0.15, 0.2) is 77.7 Å². The number of carbonyl (C=O) groups is 1. The van der Waals surface area contributed by atoms with Crippen LogP contribution in [0.1, 0.15) is 44.1 Å². The van der Waals surface area contributed by atoms with E-state index >= 15 is 0 Å². The summed E-state index contributed by atoms with van der Waals surface area (Å²) in [7, 11) is -3.57. The van der Waals surface area contributed by atoms with Crippen molar-refractivity contribution in [1.82, 2.24) is 9.62 Å². The minimum absolute atomic E-state index is 0.0248. The van der Waals surface area contributed by atoms with E-state index in [4.69, 9.17) is 0 Å². The third-order valence-corrected chi connectivity index (χ3v) is 9.63. The number of fused-ring (bicyclic) bond motifs is 1. The van der Waals surface area contributed by atoms with E-state index in [-0.39, 0.29) is 17.2 Å². The van der Waals surface area contributed by atoms with Gasteiger partial charge in [-0.05, 0) is 54.2 Å². The Morgan fingerprint density at radius 1 is 0.882 bits per heavy atom. The number of rotatable bonds is 6. The highest BCUT2D eigenvalue weighted by atomic mass is 32.2. The quantitative estimate of drug-likeness (QED) is 0.552. The maximum absolute atomic E-state index is 13.2. The summed E-state index contributed by atoms with van der Waals surface area (Å²) < 4.78 is 28.0. The number of piperidine rings is 1. The van der Waals surface area contributed by atoms with Gasteiger partial charge in [-0.2, -0.15) is 4.31 Å². The van der Waals surface area contributed by atoms with Gasteiger partial charge in [0.25, 0.3) is 0 Å². The zero-order chi connectivity index (χ0) is 23.6. The second-order valence-electron chi connectivity index (χ2n) is 9.76. The fourth-order valence-corrected chi connectivity index (χ4v) is 7.15. The van der Waals surface area contributed by atoms with Crippen molar-refractivity contribution in [3.63, 3.8) is 0 Å². The summed E-state index contributed by atoms with van der Waals surface area (Å²) >= 11 is 0. The van der Waals surface area contributed by atoms with Crippen LogP contribution in [0.4, 0.5) is 0 Å². The molecule has 5 rings (SSSR count). The van der Waals surface area contributed by atoms with Gasteiger partial charge in [-0.15, -0.1) is 0 Å². The van der Waals surface area contributed by atoms with E-state index < -0.39 is 10.0 Å². The van der Waals surface area contributed by atoms with Gasteiger partial charge in [-0.3, -0.25) is 4.79 Å². The summed E-state index contributed by atoms with van der Waals surface area (Å²) in [6.45, 7) is 1.40. The van der Waals surface area contributed by atoms with Crippen LogP contribution < -0.4 is 5.32 Å². The fourth-order valence-electron chi connectivity index (χ4n) is 5.65. The van der Waals surface area contributed by atoms with Crippen LogP contribution in [0.2, 0.25) is 0 Å². The second-order valence-corrected chi connectivity index (χ2v) is 11.7. The molecule has 2 fully saturated rings. The third-order valence-electron chi connectivity index (χ3n) is 7.73. The largest absolute Gasteiger partial charge is 0.355 e. The Bertz CT molecular complexity index is 1260. The number of nitrogens with zero attached hydrogens (tertiary/aromatic N) is 1. The first kappa shape index (κ1) is 23.1. The lowest BCUT2D eigenvalue weighted by molar-refractivity contribution is -0.126. The molecule has 0 bridgehead atoms. The highest BCUT2D eigenvalue weighted by Gasteiger charge is 2.37. The highest BCUT2D eigenvalue weighted by Crippen LogP contribution is 2.40. The average Bonchev–Trinajstić information content (AvgIpc) is 3.38. The van der Waals surface area contributed by atoms with Gasteiger partial charge in [0.05, 0.1) is 4.90 Å². The number of hydrogen-bond donors (Lipinski definition) is 1. The molecule has 0 unspecified atom stereocenters. The van der Waals surface area contributed by atoms with Gasteiger partial charge in [0.1, 0.15) is 0 Å². The first-order chi connectivity index (χ1) is 16.5. The van der Waals surface area contributed by atoms with E-state index in [0.29, 0.717) is 37.4 Å². The Labute approximate surface area is 202 Å². The van der Waals surface area contributed by atoms with Gasteiger partial charge in [-0.1, -0.05) is 73.5 Å². The first-order valence-corrected chi connectivity index (χ1v) is 13.7. The normalized spacial score (nSPS) is 19.3. The van der Waals surface area contributed by atoms with E-state index in [2.05, 4.69) is 29.6 Å². The Kier molecular flexibility index (Phi) is 6.45. The molecule has 1 aliphatic carbocycles. The minimum Gasteiger partial charge on any atom is -0.355 e. The van der Waals surface area contributed by atoms with Gasteiger partial charge in [0.2, 0.25) is 15.9 Å². The summed E-state index contributed by atoms with van der Waals surface area (Å²) in [5, 5.41) is 5.17. The Morgan fingerprint density at radius 3 is 2.24 bits per heavy atom. The van der Waals surface area contributed by atoms with Crippen molar-refractivity contribution < 1.29 is 13.2 Å². The lowest BCUT2D eigenvalue weighted by Gasteiger charge is -2.33. The average molecular weight is 477 g/mol. The molecule has 1 aliphatic heterocycles. The summed E-state index contributed by atoms with van der Waals surface area (Å²) in [6.07, 6.45) is 5.68. The molecular formula is C28H32N2O3S. The lowest BCUT2D eigenvalue weighted by atomic mass is 9.78. The maximum atomic E-state index is 13.2. The number of hydrogen-bond acceptors (Lipinski definition) is 3. The lowest BCUT2D eigenvalue weighted by Crippen LogP contribution is -2.45. The van der Waals surface area contributed by atoms with Gasteiger partial charge < -0.3 is 5.32 Å². The predicted molar refractivity (Wildman–Crippen MR) is 135 cm³/mol. The van der Waals surface area contributed by atoms with Crippen LogP contribution in [0.3, 0.4) is 0 Å². The number of nitrogens with one attached hydrogen (secondary N) is 1. The van der Waals surface area contributed by atoms with Crippen LogP contribution in [0.25, 0.3) is 10.8 Å². The number of benzene rings is 3. The standard InChI is InChI=1S/C28H32N2O3S/c31-27(29-21-28(16-6-7-17-28)25-10-2-1-3-11-25)23-14-18-30(19-15-23)34(32,33)26-13-12-22-8-4-5-9-24(22)20-26/h1-5,8-13,20,23H,6-7,14-19,21H2,(H,29,31). The fraction of sp³-hybridized carbons (Fsp3) is 0.393. The monoisotopic (exact) mass is 476 g/mol. The van der Waals surface area contributed by atoms with Crippen LogP contribution in [0, 0.1) is 5.92 Å². The first-order valence-electron chi connectivity index (χ1n) is 12.3. The summed E-state index contributed by atoms with van der Waals surface area (Å²) in [5.74, 6) is -0.0813. The molecule has 34 heavy (non-hydrogen) atoms. The molecule has 1 saturated heterocycles. The molecule has 3 aromatic rings. The van der Waals surface area contributed by atoms with E-state index in [9.17, 15) is 13.2 Å². The molecular weight excluding hydrogens is 444 g/mol. The molecule has 5 nitrogen and oxygen atoms in total. The molecule has 0 atom stereocenters. The van der Waals surface area contributed by atoms with Crippen molar-refractivity contribution in [2.24, 2.45) is 5.92 Å². The van der Waals surface area contributed by atoms with Crippen molar-refractivity contribution >= 4 is 26.7 Å². The van der Waals surface area contributed by atoms with Crippen molar-refractivity contribution in [2.75, 3.05) is 19.6 Å². The second kappa shape index (κ2) is 9.51. The van der Waals surface area contributed by atoms with Gasteiger partial charge >= 0.3 is 0 Å². The summed E-state index contributed by atoms with van der Waals surface area (Å²) in [5.41, 5.74) is 1.33. The van der Waals surface area contributed by atoms with Gasteiger partial charge in [0.15, 0.2) is 0 Å². The molecule has 0 radical (unpaired) electrons. The van der Waals surface area contributed by atoms with Gasteiger partial charge in [0, 0.05) is 31.0 Å². The molecule has 0 aromatic heterocycles. The molecule has 1 N–H and O–H groups in total. The molecule has 1 heterocycles. The number of amides is 1. The Hall–Kier alpha value is -2.70. The van der Waals surface area contributed by atoms with Crippen LogP contribution in [0.5, 0.6) is 0 Å². The molecule has 2 aliphatic rings. The summed E-state index contributed by atoms with van der Waals surface area (Å²) in [6, 6.07) is 23.6. The molecule has 0 spiro atoms. The Balaban J connectivity index is 1.21. The smallest absolute Gasteiger partial charge is 0.243 e. The van der Waals surface area contributed by atoms with Gasteiger partial charge in [-0.25, -0.2) is 8.42 Å².